The zero-order valence-corrected chi connectivity index (χ0v) is 16.6. The van der Waals surface area contributed by atoms with Crippen LogP contribution in [0.2, 0.25) is 0 Å². The first-order valence-corrected chi connectivity index (χ1v) is 9.17. The summed E-state index contributed by atoms with van der Waals surface area (Å²) in [5, 5.41) is 8.09. The third kappa shape index (κ3) is 6.87. The van der Waals surface area contributed by atoms with Crippen molar-refractivity contribution in [1.82, 2.24) is 10.6 Å². The van der Waals surface area contributed by atoms with Gasteiger partial charge in [-0.1, -0.05) is 0 Å². The smallest absolute Gasteiger partial charge is 0.246 e. The summed E-state index contributed by atoms with van der Waals surface area (Å²) in [6.45, 7) is 2.78. The molecule has 0 saturated heterocycles. The number of hydrogen-bond acceptors (Lipinski definition) is 4. The molecule has 0 fully saturated rings. The molecule has 0 bridgehead atoms. The Labute approximate surface area is 172 Å². The maximum Gasteiger partial charge on any atom is 0.246 e. The highest BCUT2D eigenvalue weighted by Crippen LogP contribution is 2.19. The molecular weight excluding hydrogens is 401 g/mol. The Balaban J connectivity index is 1.82. The van der Waals surface area contributed by atoms with Crippen LogP contribution in [-0.2, 0) is 4.79 Å². The number of nitrogens with zero attached hydrogens (tertiary/aromatic N) is 1. The number of guanidine groups is 1. The van der Waals surface area contributed by atoms with E-state index < -0.39 is 29.0 Å². The fraction of sp³-hybridized carbons (Fsp3) is 0.300. The Hall–Kier alpha value is -3.43. The zero-order chi connectivity index (χ0) is 21.9. The summed E-state index contributed by atoms with van der Waals surface area (Å²) in [7, 11) is 1.58. The summed E-state index contributed by atoms with van der Waals surface area (Å²) in [4.78, 5) is 16.0. The highest BCUT2D eigenvalue weighted by Gasteiger charge is 2.15. The Bertz CT molecular complexity index is 876. The maximum absolute atomic E-state index is 13.6. The standard InChI is InChI=1S/C20H23F3N4O3/c1-3-24-20(25-10-11-30-14-6-4-13(29-2)5-7-14)26-12-17(28)27-16-9-8-15(21)18(22)19(16)23/h4-9H,3,10-12H2,1-2H3,(H,27,28)(H2,24,25,26). The van der Waals surface area contributed by atoms with Gasteiger partial charge >= 0.3 is 0 Å². The molecular formula is C20H23F3N4O3. The number of benzene rings is 2. The van der Waals surface area contributed by atoms with E-state index in [-0.39, 0.29) is 6.54 Å². The average molecular weight is 424 g/mol. The third-order valence-electron chi connectivity index (χ3n) is 3.76. The first-order valence-electron chi connectivity index (χ1n) is 9.17. The number of rotatable bonds is 9. The fourth-order valence-electron chi connectivity index (χ4n) is 2.32. The van der Waals surface area contributed by atoms with Crippen LogP contribution in [0.3, 0.4) is 0 Å². The monoisotopic (exact) mass is 424 g/mol. The molecule has 3 N–H and O–H groups in total. The Morgan fingerprint density at radius 1 is 1.00 bits per heavy atom. The number of hydrogen-bond donors (Lipinski definition) is 3. The quantitative estimate of drug-likeness (QED) is 0.250. The topological polar surface area (TPSA) is 84.0 Å². The molecule has 0 saturated carbocycles. The van der Waals surface area contributed by atoms with Crippen LogP contribution in [0, 0.1) is 17.5 Å². The van der Waals surface area contributed by atoms with Crippen LogP contribution >= 0.6 is 0 Å². The maximum atomic E-state index is 13.6. The van der Waals surface area contributed by atoms with Gasteiger partial charge < -0.3 is 25.4 Å². The summed E-state index contributed by atoms with van der Waals surface area (Å²) in [5.41, 5.74) is -0.458. The lowest BCUT2D eigenvalue weighted by Gasteiger charge is -2.12. The molecule has 2 aromatic carbocycles. The molecule has 2 aromatic rings. The molecule has 2 rings (SSSR count). The van der Waals surface area contributed by atoms with E-state index in [2.05, 4.69) is 20.9 Å². The van der Waals surface area contributed by atoms with Gasteiger partial charge in [0.1, 0.15) is 24.7 Å². The second-order valence-electron chi connectivity index (χ2n) is 5.92. The molecule has 0 aromatic heterocycles. The molecule has 30 heavy (non-hydrogen) atoms. The van der Waals surface area contributed by atoms with Crippen LogP contribution in [0.4, 0.5) is 18.9 Å². The minimum atomic E-state index is -1.65. The van der Waals surface area contributed by atoms with Crippen molar-refractivity contribution in [3.05, 3.63) is 53.8 Å². The van der Waals surface area contributed by atoms with Gasteiger partial charge in [-0.25, -0.2) is 18.2 Å². The van der Waals surface area contributed by atoms with E-state index in [0.717, 1.165) is 17.9 Å². The summed E-state index contributed by atoms with van der Waals surface area (Å²) < 4.78 is 50.4. The van der Waals surface area contributed by atoms with E-state index >= 15 is 0 Å². The van der Waals surface area contributed by atoms with Gasteiger partial charge in [0.05, 0.1) is 19.3 Å². The summed E-state index contributed by atoms with van der Waals surface area (Å²) in [5.74, 6) is -3.39. The number of carbonyl (C=O) groups excluding carboxylic acids is 1. The Kier molecular flexibility index (Phi) is 8.79. The van der Waals surface area contributed by atoms with E-state index in [9.17, 15) is 18.0 Å². The second-order valence-corrected chi connectivity index (χ2v) is 5.92. The van der Waals surface area contributed by atoms with E-state index in [1.165, 1.54) is 0 Å². The van der Waals surface area contributed by atoms with Gasteiger partial charge in [-0.15, -0.1) is 0 Å². The first-order chi connectivity index (χ1) is 14.4. The van der Waals surface area contributed by atoms with Crippen molar-refractivity contribution < 1.29 is 27.4 Å². The van der Waals surface area contributed by atoms with Crippen LogP contribution in [0.5, 0.6) is 11.5 Å². The molecule has 0 spiro atoms. The highest BCUT2D eigenvalue weighted by molar-refractivity contribution is 5.94. The SMILES string of the molecule is CCNC(=NCC(=O)Nc1ccc(F)c(F)c1F)NCCOc1ccc(OC)cc1. The van der Waals surface area contributed by atoms with Crippen molar-refractivity contribution >= 4 is 17.6 Å². The lowest BCUT2D eigenvalue weighted by atomic mass is 10.3. The van der Waals surface area contributed by atoms with E-state index in [4.69, 9.17) is 9.47 Å². The van der Waals surface area contributed by atoms with Crippen LogP contribution in [-0.4, -0.2) is 45.2 Å². The van der Waals surface area contributed by atoms with E-state index in [1.54, 1.807) is 31.4 Å². The fourth-order valence-corrected chi connectivity index (χ4v) is 2.32. The van der Waals surface area contributed by atoms with Gasteiger partial charge in [-0.3, -0.25) is 4.79 Å². The number of amides is 1. The summed E-state index contributed by atoms with van der Waals surface area (Å²) in [6, 6.07) is 8.78. The van der Waals surface area contributed by atoms with Gasteiger partial charge in [-0.05, 0) is 43.3 Å². The number of nitrogens with one attached hydrogen (secondary N) is 3. The summed E-state index contributed by atoms with van der Waals surface area (Å²) >= 11 is 0. The summed E-state index contributed by atoms with van der Waals surface area (Å²) in [6.07, 6.45) is 0. The van der Waals surface area contributed by atoms with Gasteiger partial charge in [0.2, 0.25) is 5.91 Å². The van der Waals surface area contributed by atoms with Crippen molar-refractivity contribution in [2.45, 2.75) is 6.92 Å². The predicted molar refractivity (Wildman–Crippen MR) is 107 cm³/mol. The molecule has 0 atom stereocenters. The Morgan fingerprint density at radius 2 is 1.70 bits per heavy atom. The molecule has 0 unspecified atom stereocenters. The third-order valence-corrected chi connectivity index (χ3v) is 3.76. The van der Waals surface area contributed by atoms with Gasteiger partial charge in [-0.2, -0.15) is 0 Å². The van der Waals surface area contributed by atoms with Crippen LogP contribution < -0.4 is 25.4 Å². The van der Waals surface area contributed by atoms with Crippen molar-refractivity contribution in [2.24, 2.45) is 4.99 Å². The molecule has 0 aliphatic heterocycles. The largest absolute Gasteiger partial charge is 0.497 e. The van der Waals surface area contributed by atoms with Crippen molar-refractivity contribution in [3.8, 4) is 11.5 Å². The molecule has 1 amide bonds. The number of ether oxygens (including phenoxy) is 2. The number of anilines is 1. The number of aliphatic imine (C=N–C) groups is 1. The first kappa shape index (κ1) is 22.9. The van der Waals surface area contributed by atoms with Gasteiger partial charge in [0, 0.05) is 6.54 Å². The van der Waals surface area contributed by atoms with Crippen molar-refractivity contribution in [1.29, 1.82) is 0 Å². The van der Waals surface area contributed by atoms with Crippen molar-refractivity contribution in [2.75, 3.05) is 38.7 Å². The van der Waals surface area contributed by atoms with Crippen LogP contribution in [0.1, 0.15) is 6.92 Å². The normalized spacial score (nSPS) is 11.0. The lowest BCUT2D eigenvalue weighted by molar-refractivity contribution is -0.114. The molecule has 0 aliphatic rings. The minimum Gasteiger partial charge on any atom is -0.497 e. The number of methoxy groups -OCH3 is 1. The van der Waals surface area contributed by atoms with Crippen LogP contribution in [0.25, 0.3) is 0 Å². The van der Waals surface area contributed by atoms with Crippen LogP contribution in [0.15, 0.2) is 41.4 Å². The molecule has 10 heteroatoms. The molecule has 0 aliphatic carbocycles. The van der Waals surface area contributed by atoms with Crippen molar-refractivity contribution in [3.63, 3.8) is 0 Å². The lowest BCUT2D eigenvalue weighted by Crippen LogP contribution is -2.40. The molecule has 7 nitrogen and oxygen atoms in total. The van der Waals surface area contributed by atoms with E-state index in [0.29, 0.717) is 31.4 Å². The molecule has 162 valence electrons. The van der Waals surface area contributed by atoms with Gasteiger partial charge in [0.15, 0.2) is 23.4 Å². The number of halogens is 3. The zero-order valence-electron chi connectivity index (χ0n) is 16.6. The molecule has 0 radical (unpaired) electrons. The second kappa shape index (κ2) is 11.5. The van der Waals surface area contributed by atoms with Gasteiger partial charge in [0.25, 0.3) is 0 Å². The average Bonchev–Trinajstić information content (AvgIpc) is 2.75. The predicted octanol–water partition coefficient (Wildman–Crippen LogP) is 2.69. The molecule has 0 heterocycles. The highest BCUT2D eigenvalue weighted by atomic mass is 19.2. The van der Waals surface area contributed by atoms with E-state index in [1.807, 2.05) is 6.92 Å². The minimum absolute atomic E-state index is 0.336. The number of carbonyl (C=O) groups is 1. The Morgan fingerprint density at radius 3 is 2.37 bits per heavy atom.